The number of hydrogen-bond donors (Lipinski definition) is 0. The van der Waals surface area contributed by atoms with E-state index in [1.165, 1.54) is 37.8 Å². The Bertz CT molecular complexity index is 641. The summed E-state index contributed by atoms with van der Waals surface area (Å²) in [5.41, 5.74) is 0. The average Bonchev–Trinajstić information content (AvgIpc) is 2.73. The molecule has 0 aliphatic rings. The van der Waals surface area contributed by atoms with Gasteiger partial charge in [0.15, 0.2) is 0 Å². The molecular weight excluding hydrogens is 459 g/mol. The summed E-state index contributed by atoms with van der Waals surface area (Å²) in [6.45, 7) is 2.76. The minimum absolute atomic E-state index is 0.0845. The van der Waals surface area contributed by atoms with Gasteiger partial charge in [-0.05, 0) is 19.3 Å². The van der Waals surface area contributed by atoms with Crippen molar-refractivity contribution < 1.29 is 19.1 Å². The third-order valence-electron chi connectivity index (χ3n) is 4.96. The number of esters is 2. The zero-order valence-corrected chi connectivity index (χ0v) is 20.8. The van der Waals surface area contributed by atoms with Gasteiger partial charge < -0.3 is 9.47 Å². The van der Waals surface area contributed by atoms with Gasteiger partial charge in [-0.1, -0.05) is 99.5 Å². The maximum absolute atomic E-state index is 11.9. The maximum Gasteiger partial charge on any atom is 0.311 e. The number of unbranched alkanes of at least 4 members (excludes halogenated alkanes) is 10. The minimum Gasteiger partial charge on any atom is -0.466 e. The average molecular weight is 494 g/mol. The molecule has 1 rings (SSSR count). The second kappa shape index (κ2) is 17.6. The molecule has 7 heteroatoms. The molecule has 0 aromatic heterocycles. The lowest BCUT2D eigenvalue weighted by atomic mass is 10.1. The molecule has 0 aliphatic carbocycles. The minimum atomic E-state index is -0.317. The Morgan fingerprint density at radius 1 is 0.710 bits per heavy atom. The number of hydrogen-bond acceptors (Lipinski definition) is 4. The molecule has 4 nitrogen and oxygen atoms in total. The van der Waals surface area contributed by atoms with Crippen LogP contribution in [0, 0.1) is 0 Å². The molecule has 1 aromatic carbocycles. The van der Waals surface area contributed by atoms with E-state index in [0.717, 1.165) is 51.4 Å². The lowest BCUT2D eigenvalue weighted by molar-refractivity contribution is -0.144. The van der Waals surface area contributed by atoms with Gasteiger partial charge in [-0.15, -0.1) is 0 Å². The summed E-state index contributed by atoms with van der Waals surface area (Å²) in [6, 6.07) is 2.96. The first kappa shape index (κ1) is 28.1. The van der Waals surface area contributed by atoms with Crippen LogP contribution in [0.2, 0.25) is 15.1 Å². The van der Waals surface area contributed by atoms with E-state index < -0.39 is 0 Å². The van der Waals surface area contributed by atoms with Crippen LogP contribution in [0.25, 0.3) is 0 Å². The van der Waals surface area contributed by atoms with Crippen molar-refractivity contribution in [1.82, 2.24) is 0 Å². The van der Waals surface area contributed by atoms with Crippen molar-refractivity contribution >= 4 is 46.7 Å². The maximum atomic E-state index is 11.9. The second-order valence-electron chi connectivity index (χ2n) is 7.78. The second-order valence-corrected chi connectivity index (χ2v) is 8.98. The van der Waals surface area contributed by atoms with Gasteiger partial charge in [0.25, 0.3) is 0 Å². The Hall–Kier alpha value is -0.970. The highest BCUT2D eigenvalue weighted by Crippen LogP contribution is 2.34. The van der Waals surface area contributed by atoms with E-state index in [-0.39, 0.29) is 27.0 Å². The van der Waals surface area contributed by atoms with Gasteiger partial charge in [-0.25, -0.2) is 0 Å². The Morgan fingerprint density at radius 2 is 1.19 bits per heavy atom. The van der Waals surface area contributed by atoms with Crippen LogP contribution in [0.15, 0.2) is 12.1 Å². The summed E-state index contributed by atoms with van der Waals surface area (Å²) in [7, 11) is 0. The Balaban J connectivity index is 1.96. The van der Waals surface area contributed by atoms with Crippen LogP contribution in [0.4, 0.5) is 0 Å². The van der Waals surface area contributed by atoms with Crippen LogP contribution in [0.3, 0.4) is 0 Å². The number of rotatable bonds is 17. The predicted octanol–water partition coefficient (Wildman–Crippen LogP) is 8.58. The fraction of sp³-hybridized carbons (Fsp3) is 0.667. The van der Waals surface area contributed by atoms with E-state index >= 15 is 0 Å². The van der Waals surface area contributed by atoms with E-state index in [2.05, 4.69) is 6.92 Å². The van der Waals surface area contributed by atoms with Gasteiger partial charge in [0, 0.05) is 25.0 Å². The van der Waals surface area contributed by atoms with Crippen LogP contribution in [0.5, 0.6) is 5.75 Å². The van der Waals surface area contributed by atoms with Crippen LogP contribution in [0.1, 0.15) is 96.8 Å². The molecule has 0 N–H and O–H groups in total. The van der Waals surface area contributed by atoms with E-state index in [0.29, 0.717) is 25.2 Å². The summed E-state index contributed by atoms with van der Waals surface area (Å²) in [5.74, 6) is -0.103. The molecule has 0 atom stereocenters. The van der Waals surface area contributed by atoms with Gasteiger partial charge >= 0.3 is 11.9 Å². The Morgan fingerprint density at radius 3 is 1.77 bits per heavy atom. The summed E-state index contributed by atoms with van der Waals surface area (Å²) in [4.78, 5) is 23.6. The Kier molecular flexibility index (Phi) is 15.9. The van der Waals surface area contributed by atoms with Crippen molar-refractivity contribution in [3.8, 4) is 5.75 Å². The first-order chi connectivity index (χ1) is 14.9. The van der Waals surface area contributed by atoms with Crippen molar-refractivity contribution in [1.29, 1.82) is 0 Å². The predicted molar refractivity (Wildman–Crippen MR) is 128 cm³/mol. The highest BCUT2D eigenvalue weighted by atomic mass is 35.5. The quantitative estimate of drug-likeness (QED) is 0.0943. The van der Waals surface area contributed by atoms with Crippen molar-refractivity contribution in [3.63, 3.8) is 0 Å². The molecule has 31 heavy (non-hydrogen) atoms. The number of halogens is 3. The molecule has 0 heterocycles. The SMILES string of the molecule is CCCCCCCCOC(=O)CCCCCCCCC(=O)Oc1cc(Cl)c(Cl)c(Cl)c1. The van der Waals surface area contributed by atoms with Crippen LogP contribution in [-0.4, -0.2) is 18.5 Å². The van der Waals surface area contributed by atoms with Crippen LogP contribution in [-0.2, 0) is 14.3 Å². The fourth-order valence-corrected chi connectivity index (χ4v) is 3.74. The topological polar surface area (TPSA) is 52.6 Å². The van der Waals surface area contributed by atoms with Crippen LogP contribution >= 0.6 is 34.8 Å². The van der Waals surface area contributed by atoms with E-state index in [9.17, 15) is 9.59 Å². The molecule has 0 bridgehead atoms. The standard InChI is InChI=1S/C24H35Cl3O4/c1-2-3-4-5-10-13-16-30-22(28)14-11-8-6-7-9-12-15-23(29)31-19-17-20(25)24(27)21(26)18-19/h17-18H,2-16H2,1H3. The molecule has 0 unspecified atom stereocenters. The summed E-state index contributed by atoms with van der Waals surface area (Å²) in [6.07, 6.45) is 13.6. The van der Waals surface area contributed by atoms with Gasteiger partial charge in [-0.3, -0.25) is 9.59 Å². The monoisotopic (exact) mass is 492 g/mol. The van der Waals surface area contributed by atoms with E-state index in [4.69, 9.17) is 44.3 Å². The number of carbonyl (C=O) groups excluding carboxylic acids is 2. The first-order valence-electron chi connectivity index (χ1n) is 11.4. The van der Waals surface area contributed by atoms with E-state index in [1.807, 2.05) is 0 Å². The fourth-order valence-electron chi connectivity index (χ4n) is 3.16. The van der Waals surface area contributed by atoms with Gasteiger partial charge in [0.05, 0.1) is 21.7 Å². The summed E-state index contributed by atoms with van der Waals surface area (Å²) in [5, 5.41) is 0.751. The lowest BCUT2D eigenvalue weighted by Gasteiger charge is -2.07. The molecule has 0 spiro atoms. The Labute approximate surface area is 201 Å². The third kappa shape index (κ3) is 13.9. The zero-order valence-electron chi connectivity index (χ0n) is 18.5. The molecule has 1 aromatic rings. The van der Waals surface area contributed by atoms with E-state index in [1.54, 1.807) is 0 Å². The molecule has 0 radical (unpaired) electrons. The molecule has 0 amide bonds. The molecule has 0 aliphatic heterocycles. The largest absolute Gasteiger partial charge is 0.466 e. The zero-order chi connectivity index (χ0) is 22.9. The normalized spacial score (nSPS) is 10.8. The van der Waals surface area contributed by atoms with Crippen molar-refractivity contribution in [2.24, 2.45) is 0 Å². The van der Waals surface area contributed by atoms with Gasteiger partial charge in [-0.2, -0.15) is 0 Å². The van der Waals surface area contributed by atoms with Crippen molar-refractivity contribution in [2.45, 2.75) is 96.8 Å². The number of ether oxygens (including phenoxy) is 2. The number of benzene rings is 1. The highest BCUT2D eigenvalue weighted by Gasteiger charge is 2.10. The third-order valence-corrected chi connectivity index (χ3v) is 6.16. The molecule has 0 fully saturated rings. The molecular formula is C24H35Cl3O4. The van der Waals surface area contributed by atoms with Gasteiger partial charge in [0.1, 0.15) is 5.75 Å². The molecule has 176 valence electrons. The summed E-state index contributed by atoms with van der Waals surface area (Å²) >= 11 is 17.7. The molecule has 0 saturated heterocycles. The van der Waals surface area contributed by atoms with Gasteiger partial charge in [0.2, 0.25) is 0 Å². The first-order valence-corrected chi connectivity index (χ1v) is 12.6. The lowest BCUT2D eigenvalue weighted by Crippen LogP contribution is -2.07. The highest BCUT2D eigenvalue weighted by molar-refractivity contribution is 6.48. The smallest absolute Gasteiger partial charge is 0.311 e. The number of carbonyl (C=O) groups is 2. The molecule has 0 saturated carbocycles. The van der Waals surface area contributed by atoms with Crippen molar-refractivity contribution in [3.05, 3.63) is 27.2 Å². The summed E-state index contributed by atoms with van der Waals surface area (Å²) < 4.78 is 10.5. The van der Waals surface area contributed by atoms with Crippen LogP contribution < -0.4 is 4.74 Å². The van der Waals surface area contributed by atoms with Crippen molar-refractivity contribution in [2.75, 3.05) is 6.61 Å².